The number of urea groups is 1. The van der Waals surface area contributed by atoms with Crippen LogP contribution in [0.25, 0.3) is 0 Å². The summed E-state index contributed by atoms with van der Waals surface area (Å²) in [6.45, 7) is 2.72. The zero-order valence-electron chi connectivity index (χ0n) is 20.0. The topological polar surface area (TPSA) is 111 Å². The van der Waals surface area contributed by atoms with Crippen LogP contribution in [0.15, 0.2) is 42.5 Å². The number of rotatable bonds is 9. The minimum Gasteiger partial charge on any atom is -0.387 e. The molecule has 2 amide bonds. The molecule has 1 heterocycles. The fraction of sp³-hybridized carbons (Fsp3) is 0.500. The number of thioether (sulfide) groups is 1. The first kappa shape index (κ1) is 26.5. The molecule has 7 nitrogen and oxygen atoms in total. The molecule has 0 aliphatic carbocycles. The second kappa shape index (κ2) is 12.6. The van der Waals surface area contributed by atoms with Crippen molar-refractivity contribution in [1.82, 2.24) is 10.6 Å². The van der Waals surface area contributed by atoms with E-state index in [0.717, 1.165) is 42.4 Å². The lowest BCUT2D eigenvalue weighted by Crippen LogP contribution is -2.52. The van der Waals surface area contributed by atoms with Crippen molar-refractivity contribution < 1.29 is 24.9 Å². The van der Waals surface area contributed by atoms with E-state index in [-0.39, 0.29) is 6.03 Å². The number of aryl methyl sites for hydroxylation is 2. The van der Waals surface area contributed by atoms with E-state index in [9.17, 15) is 20.1 Å². The van der Waals surface area contributed by atoms with Crippen molar-refractivity contribution in [3.05, 3.63) is 70.3 Å². The number of ether oxygens (including phenoxy) is 1. The first-order chi connectivity index (χ1) is 16.3. The summed E-state index contributed by atoms with van der Waals surface area (Å²) in [5, 5.41) is 36.3. The van der Waals surface area contributed by atoms with Crippen LogP contribution in [-0.2, 0) is 17.6 Å². The van der Waals surface area contributed by atoms with Crippen LogP contribution in [0.1, 0.15) is 46.8 Å². The molecule has 3 rings (SSSR count). The summed E-state index contributed by atoms with van der Waals surface area (Å²) in [6.07, 6.45) is 1.18. The number of unbranched alkanes of at least 4 members (excludes halogenated alkanes) is 1. The predicted molar refractivity (Wildman–Crippen MR) is 135 cm³/mol. The average Bonchev–Trinajstić information content (AvgIpc) is 2.85. The van der Waals surface area contributed by atoms with Gasteiger partial charge >= 0.3 is 6.03 Å². The van der Waals surface area contributed by atoms with Gasteiger partial charge in [0.2, 0.25) is 0 Å². The third-order valence-electron chi connectivity index (χ3n) is 6.33. The molecule has 1 fully saturated rings. The molecule has 1 saturated heterocycles. The van der Waals surface area contributed by atoms with Crippen LogP contribution in [0, 0.1) is 6.92 Å². The van der Waals surface area contributed by atoms with Gasteiger partial charge in [-0.05, 0) is 66.7 Å². The minimum atomic E-state index is -1.26. The summed E-state index contributed by atoms with van der Waals surface area (Å²) in [5.41, 5.74) is 4.92. The van der Waals surface area contributed by atoms with Gasteiger partial charge in [-0.2, -0.15) is 0 Å². The maximum Gasteiger partial charge on any atom is 0.314 e. The van der Waals surface area contributed by atoms with E-state index in [1.54, 1.807) is 13.3 Å². The van der Waals surface area contributed by atoms with E-state index in [0.29, 0.717) is 6.54 Å². The summed E-state index contributed by atoms with van der Waals surface area (Å²) >= 11 is 1.32. The lowest BCUT2D eigenvalue weighted by Gasteiger charge is -2.40. The Labute approximate surface area is 205 Å². The van der Waals surface area contributed by atoms with Gasteiger partial charge in [0.15, 0.2) is 0 Å². The molecule has 0 bridgehead atoms. The van der Waals surface area contributed by atoms with Crippen molar-refractivity contribution in [2.45, 2.75) is 62.5 Å². The highest BCUT2D eigenvalue weighted by atomic mass is 32.2. The lowest BCUT2D eigenvalue weighted by molar-refractivity contribution is -0.200. The zero-order valence-corrected chi connectivity index (χ0v) is 20.8. The van der Waals surface area contributed by atoms with Gasteiger partial charge in [-0.3, -0.25) is 0 Å². The van der Waals surface area contributed by atoms with Gasteiger partial charge in [-0.25, -0.2) is 4.79 Å². The Balaban J connectivity index is 1.61. The Morgan fingerprint density at radius 2 is 1.71 bits per heavy atom. The summed E-state index contributed by atoms with van der Waals surface area (Å²) < 4.78 is 5.93. The highest BCUT2D eigenvalue weighted by molar-refractivity contribution is 7.99. The van der Waals surface area contributed by atoms with Gasteiger partial charge in [-0.15, -0.1) is 11.8 Å². The van der Waals surface area contributed by atoms with Crippen LogP contribution in [0.2, 0.25) is 0 Å². The molecule has 0 spiro atoms. The number of hydrogen-bond donors (Lipinski definition) is 5. The number of aliphatic hydroxyl groups is 3. The van der Waals surface area contributed by atoms with Crippen molar-refractivity contribution in [2.75, 3.05) is 19.8 Å². The lowest BCUT2D eigenvalue weighted by atomic mass is 9.91. The largest absolute Gasteiger partial charge is 0.387 e. The van der Waals surface area contributed by atoms with E-state index in [1.165, 1.54) is 22.9 Å². The Morgan fingerprint density at radius 1 is 1.00 bits per heavy atom. The molecule has 0 aromatic heterocycles. The molecule has 1 aliphatic rings. The maximum atomic E-state index is 11.2. The van der Waals surface area contributed by atoms with E-state index >= 15 is 0 Å². The second-order valence-electron chi connectivity index (χ2n) is 8.77. The van der Waals surface area contributed by atoms with Gasteiger partial charge in [0.25, 0.3) is 0 Å². The van der Waals surface area contributed by atoms with Crippen LogP contribution < -0.4 is 10.6 Å². The molecule has 34 heavy (non-hydrogen) atoms. The Hall–Kier alpha value is -2.10. The standard InChI is InChI=1S/C26H36N2O5S/c1-16-7-12-19(24-22(30)21(29)23(31)25(33-24)34-3)15-20(16)14-18-10-8-17(9-11-18)6-4-5-13-28-26(32)27-2/h7-12,15,21-25,29-31H,4-6,13-14H2,1-3H3,(H2,27,28,32)/t21-,22-,23+,24+,25-/m1/s1. The van der Waals surface area contributed by atoms with E-state index in [2.05, 4.69) is 41.8 Å². The summed E-state index contributed by atoms with van der Waals surface area (Å²) in [4.78, 5) is 11.2. The van der Waals surface area contributed by atoms with Gasteiger partial charge in [0.1, 0.15) is 29.9 Å². The van der Waals surface area contributed by atoms with Gasteiger partial charge in [-0.1, -0.05) is 42.5 Å². The Morgan fingerprint density at radius 3 is 2.38 bits per heavy atom. The fourth-order valence-electron chi connectivity index (χ4n) is 4.17. The third kappa shape index (κ3) is 6.73. The number of amides is 2. The summed E-state index contributed by atoms with van der Waals surface area (Å²) in [7, 11) is 1.61. The fourth-order valence-corrected chi connectivity index (χ4v) is 4.84. The number of hydrogen-bond acceptors (Lipinski definition) is 6. The molecule has 0 unspecified atom stereocenters. The number of carbonyl (C=O) groups excluding carboxylic acids is 1. The summed E-state index contributed by atoms with van der Waals surface area (Å²) in [5.74, 6) is 0. The Kier molecular flexibility index (Phi) is 9.79. The molecule has 8 heteroatoms. The highest BCUT2D eigenvalue weighted by Gasteiger charge is 2.44. The van der Waals surface area contributed by atoms with Crippen molar-refractivity contribution in [2.24, 2.45) is 0 Å². The molecular formula is C26H36N2O5S. The van der Waals surface area contributed by atoms with Crippen molar-refractivity contribution in [1.29, 1.82) is 0 Å². The number of aliphatic hydroxyl groups excluding tert-OH is 3. The van der Waals surface area contributed by atoms with Crippen molar-refractivity contribution in [3.63, 3.8) is 0 Å². The van der Waals surface area contributed by atoms with Gasteiger partial charge < -0.3 is 30.7 Å². The third-order valence-corrected chi connectivity index (χ3v) is 7.18. The molecule has 5 atom stereocenters. The van der Waals surface area contributed by atoms with Gasteiger partial charge in [0, 0.05) is 13.6 Å². The second-order valence-corrected chi connectivity index (χ2v) is 9.71. The van der Waals surface area contributed by atoms with E-state index in [1.807, 2.05) is 18.2 Å². The quantitative estimate of drug-likeness (QED) is 0.347. The first-order valence-electron chi connectivity index (χ1n) is 11.7. The molecular weight excluding hydrogens is 452 g/mol. The van der Waals surface area contributed by atoms with Crippen LogP contribution in [0.3, 0.4) is 0 Å². The monoisotopic (exact) mass is 488 g/mol. The van der Waals surface area contributed by atoms with E-state index in [4.69, 9.17) is 4.74 Å². The summed E-state index contributed by atoms with van der Waals surface area (Å²) in [6, 6.07) is 14.4. The smallest absolute Gasteiger partial charge is 0.314 e. The molecule has 0 radical (unpaired) electrons. The van der Waals surface area contributed by atoms with Crippen LogP contribution in [0.4, 0.5) is 4.79 Å². The molecule has 0 saturated carbocycles. The van der Waals surface area contributed by atoms with Crippen molar-refractivity contribution >= 4 is 17.8 Å². The highest BCUT2D eigenvalue weighted by Crippen LogP contribution is 2.36. The Bertz CT molecular complexity index is 937. The number of nitrogens with one attached hydrogen (secondary N) is 2. The van der Waals surface area contributed by atoms with Crippen LogP contribution in [0.5, 0.6) is 0 Å². The molecule has 186 valence electrons. The SMILES string of the molecule is CNC(=O)NCCCCc1ccc(Cc2cc([C@@H]3O[C@H](SC)[C@@H](O)[C@H](O)[C@H]3O)ccc2C)cc1. The first-order valence-corrected chi connectivity index (χ1v) is 13.0. The number of benzene rings is 2. The van der Waals surface area contributed by atoms with Crippen LogP contribution >= 0.6 is 11.8 Å². The molecule has 2 aromatic rings. The molecule has 2 aromatic carbocycles. The molecule has 5 N–H and O–H groups in total. The van der Waals surface area contributed by atoms with Crippen LogP contribution in [-0.4, -0.2) is 64.9 Å². The normalized spacial score (nSPS) is 24.6. The van der Waals surface area contributed by atoms with Crippen molar-refractivity contribution in [3.8, 4) is 0 Å². The molecule has 1 aliphatic heterocycles. The van der Waals surface area contributed by atoms with E-state index < -0.39 is 29.9 Å². The average molecular weight is 489 g/mol. The maximum absolute atomic E-state index is 11.2. The number of carbonyl (C=O) groups is 1. The zero-order chi connectivity index (χ0) is 24.7. The predicted octanol–water partition coefficient (Wildman–Crippen LogP) is 2.68. The minimum absolute atomic E-state index is 0.147. The van der Waals surface area contributed by atoms with Gasteiger partial charge in [0.05, 0.1) is 0 Å².